The topological polar surface area (TPSA) is 199 Å². The Balaban J connectivity index is 1.73. The number of hydrogen-bond acceptors (Lipinski definition) is 10. The molecule has 0 aromatic heterocycles. The van der Waals surface area contributed by atoms with Gasteiger partial charge in [0.15, 0.2) is 5.76 Å². The molecule has 0 spiro atoms. The Hall–Kier alpha value is -5.91. The third-order valence-corrected chi connectivity index (χ3v) is 9.11. The minimum Gasteiger partial charge on any atom is -0.490 e. The highest BCUT2D eigenvalue weighted by Crippen LogP contribution is 2.23. The Bertz CT molecular complexity index is 1720. The molecule has 0 aromatic rings. The zero-order valence-corrected chi connectivity index (χ0v) is 35.4. The van der Waals surface area contributed by atoms with E-state index in [9.17, 15) is 33.6 Å². The molecule has 2 aliphatic heterocycles. The van der Waals surface area contributed by atoms with Gasteiger partial charge in [-0.2, -0.15) is 0 Å². The minimum atomic E-state index is -0.862. The zero-order chi connectivity index (χ0) is 43.8. The van der Waals surface area contributed by atoms with E-state index < -0.39 is 41.4 Å². The molecule has 15 heteroatoms. The van der Waals surface area contributed by atoms with Crippen LogP contribution < -0.4 is 21.3 Å². The number of carbonyl (C=O) groups excluding carboxylic acids is 7. The highest BCUT2D eigenvalue weighted by molar-refractivity contribution is 6.12. The van der Waals surface area contributed by atoms with Crippen LogP contribution in [-0.2, 0) is 43.0 Å². The molecule has 4 N–H and O–H groups in total. The lowest BCUT2D eigenvalue weighted by molar-refractivity contribution is -0.151. The van der Waals surface area contributed by atoms with Crippen molar-refractivity contribution in [3.8, 4) is 11.8 Å². The van der Waals surface area contributed by atoms with Gasteiger partial charge < -0.3 is 35.5 Å². The Morgan fingerprint density at radius 2 is 1.69 bits per heavy atom. The smallest absolute Gasteiger partial charge is 0.407 e. The minimum absolute atomic E-state index is 0.0403. The molecule has 2 rings (SSSR count). The van der Waals surface area contributed by atoms with Crippen LogP contribution in [0.4, 0.5) is 4.79 Å². The van der Waals surface area contributed by atoms with Crippen molar-refractivity contribution in [2.45, 2.75) is 111 Å². The number of esters is 1. The van der Waals surface area contributed by atoms with E-state index in [1.165, 1.54) is 36.4 Å². The van der Waals surface area contributed by atoms with E-state index in [0.29, 0.717) is 51.6 Å². The summed E-state index contributed by atoms with van der Waals surface area (Å²) in [6.45, 7) is 12.0. The summed E-state index contributed by atoms with van der Waals surface area (Å²) in [6.07, 6.45) is 18.1. The molecule has 15 nitrogen and oxygen atoms in total. The van der Waals surface area contributed by atoms with Crippen LogP contribution >= 0.6 is 0 Å². The number of ether oxygens (including phenoxy) is 3. The lowest BCUT2D eigenvalue weighted by Crippen LogP contribution is -2.52. The molecular weight excluding hydrogens is 759 g/mol. The van der Waals surface area contributed by atoms with Crippen molar-refractivity contribution in [3.63, 3.8) is 0 Å². The number of allylic oxidation sites excluding steroid dienone is 4. The second kappa shape index (κ2) is 26.2. The van der Waals surface area contributed by atoms with Crippen molar-refractivity contribution in [1.29, 1.82) is 0 Å². The number of nitrogens with one attached hydrogen (secondary N) is 4. The maximum Gasteiger partial charge on any atom is 0.407 e. The molecule has 0 saturated carbocycles. The van der Waals surface area contributed by atoms with Crippen molar-refractivity contribution in [1.82, 2.24) is 26.2 Å². The average molecular weight is 820 g/mol. The van der Waals surface area contributed by atoms with Gasteiger partial charge >= 0.3 is 12.1 Å². The zero-order valence-electron chi connectivity index (χ0n) is 35.4. The predicted octanol–water partition coefficient (Wildman–Crippen LogP) is 4.58. The lowest BCUT2D eigenvalue weighted by Gasteiger charge is -2.29. The summed E-state index contributed by atoms with van der Waals surface area (Å²) in [5.74, 6) is 3.78. The van der Waals surface area contributed by atoms with Crippen LogP contribution in [0.2, 0.25) is 0 Å². The summed E-state index contributed by atoms with van der Waals surface area (Å²) in [7, 11) is 1.43. The van der Waals surface area contributed by atoms with Gasteiger partial charge in [0.25, 0.3) is 11.8 Å². The van der Waals surface area contributed by atoms with Gasteiger partial charge in [0, 0.05) is 69.5 Å². The number of hydrogen-bond donors (Lipinski definition) is 4. The van der Waals surface area contributed by atoms with Crippen LogP contribution in [0.5, 0.6) is 0 Å². The average Bonchev–Trinajstić information content (AvgIpc) is 3.50. The summed E-state index contributed by atoms with van der Waals surface area (Å²) in [5, 5.41) is 11.0. The number of cyclic esters (lactones) is 1. The molecule has 2 aliphatic rings. The Kier molecular flexibility index (Phi) is 21.8. The van der Waals surface area contributed by atoms with Gasteiger partial charge in [-0.3, -0.25) is 28.9 Å². The summed E-state index contributed by atoms with van der Waals surface area (Å²) in [4.78, 5) is 86.8. The Morgan fingerprint density at radius 1 is 1.00 bits per heavy atom. The molecule has 4 unspecified atom stereocenters. The van der Waals surface area contributed by atoms with Gasteiger partial charge in [-0.15, -0.1) is 5.92 Å². The van der Waals surface area contributed by atoms with Gasteiger partial charge in [-0.05, 0) is 50.8 Å². The van der Waals surface area contributed by atoms with E-state index in [4.69, 9.17) is 14.2 Å². The maximum atomic E-state index is 13.2. The molecule has 4 atom stereocenters. The second-order valence-corrected chi connectivity index (χ2v) is 15.2. The quantitative estimate of drug-likeness (QED) is 0.0283. The number of unbranched alkanes of at least 4 members (excludes halogenated alkanes) is 2. The number of imide groups is 1. The molecule has 0 aromatic carbocycles. The molecule has 0 saturated heterocycles. The van der Waals surface area contributed by atoms with Gasteiger partial charge in [0.05, 0.1) is 7.11 Å². The number of alkyl carbamates (subject to hydrolysis) is 1. The Labute approximate surface area is 348 Å². The van der Waals surface area contributed by atoms with Crippen molar-refractivity contribution in [2.75, 3.05) is 26.7 Å². The molecule has 0 aliphatic carbocycles. The van der Waals surface area contributed by atoms with E-state index in [1.54, 1.807) is 31.2 Å². The molecule has 6 amide bonds. The SMILES string of the molecule is CC#CCC(CC=CNC(=O)C(NC(=O)C=CC=CC(C)=CC(C)C1CC=C(OC)C(=O)O1)C(C)(C)C)OC(=O)NCCCNC(=O)CCCCCN1C(=O)C=CC1=O. The number of amides is 6. The molecule has 0 fully saturated rings. The lowest BCUT2D eigenvalue weighted by atomic mass is 9.86. The predicted molar refractivity (Wildman–Crippen MR) is 222 cm³/mol. The standard InChI is InChI=1S/C44H61N5O10/c1-8-9-18-33(58-43(56)47-28-16-27-45-36(50)20-11-10-14-29-49-38(52)24-25-39(49)53)19-15-26-46-41(54)40(44(4,5)6)48-37(51)21-13-12-17-31(2)30-32(3)34-22-23-35(57-7)42(55)59-34/h12-13,15,17,21,23-26,30,32-34,40H,10-11,14,16,18-20,22,27-29H2,1-7H3,(H,45,50)(H,46,54)(H,47,56)(H,48,51). The number of rotatable bonds is 23. The first-order valence-electron chi connectivity index (χ1n) is 19.9. The first-order valence-corrected chi connectivity index (χ1v) is 19.9. The van der Waals surface area contributed by atoms with Gasteiger partial charge in [-0.25, -0.2) is 9.59 Å². The summed E-state index contributed by atoms with van der Waals surface area (Å²) >= 11 is 0. The van der Waals surface area contributed by atoms with Gasteiger partial charge in [0.2, 0.25) is 17.7 Å². The summed E-state index contributed by atoms with van der Waals surface area (Å²) in [5.41, 5.74) is 0.302. The first-order chi connectivity index (χ1) is 28.0. The van der Waals surface area contributed by atoms with E-state index in [1.807, 2.05) is 46.8 Å². The highest BCUT2D eigenvalue weighted by Gasteiger charge is 2.32. The van der Waals surface area contributed by atoms with Crippen LogP contribution in [0.1, 0.15) is 92.9 Å². The van der Waals surface area contributed by atoms with Crippen LogP contribution in [0.25, 0.3) is 0 Å². The van der Waals surface area contributed by atoms with E-state index in [2.05, 4.69) is 33.1 Å². The second-order valence-electron chi connectivity index (χ2n) is 15.2. The monoisotopic (exact) mass is 819 g/mol. The molecule has 322 valence electrons. The largest absolute Gasteiger partial charge is 0.490 e. The highest BCUT2D eigenvalue weighted by atomic mass is 16.6. The first kappa shape index (κ1) is 49.2. The fraction of sp³-hybridized carbons (Fsp3) is 0.523. The van der Waals surface area contributed by atoms with Crippen molar-refractivity contribution >= 4 is 41.6 Å². The summed E-state index contributed by atoms with van der Waals surface area (Å²) < 4.78 is 16.0. The van der Waals surface area contributed by atoms with Crippen molar-refractivity contribution < 1.29 is 47.8 Å². The van der Waals surface area contributed by atoms with Crippen LogP contribution in [0.15, 0.2) is 72.2 Å². The third-order valence-electron chi connectivity index (χ3n) is 9.11. The number of carbonyl (C=O) groups is 7. The van der Waals surface area contributed by atoms with E-state index in [0.717, 1.165) is 5.57 Å². The Morgan fingerprint density at radius 3 is 2.36 bits per heavy atom. The van der Waals surface area contributed by atoms with Gasteiger partial charge in [0.1, 0.15) is 18.2 Å². The molecule has 0 bridgehead atoms. The number of methoxy groups -OCH3 is 1. The third kappa shape index (κ3) is 19.4. The normalized spacial score (nSPS) is 17.2. The fourth-order valence-electron chi connectivity index (χ4n) is 5.84. The van der Waals surface area contributed by atoms with Crippen molar-refractivity contribution in [2.24, 2.45) is 11.3 Å². The molecule has 2 heterocycles. The van der Waals surface area contributed by atoms with Crippen LogP contribution in [0.3, 0.4) is 0 Å². The molecule has 59 heavy (non-hydrogen) atoms. The molecule has 0 radical (unpaired) electrons. The van der Waals surface area contributed by atoms with Crippen LogP contribution in [-0.4, -0.2) is 91.5 Å². The fourth-order valence-corrected chi connectivity index (χ4v) is 5.84. The molecular formula is C44H61N5O10. The van der Waals surface area contributed by atoms with Gasteiger partial charge in [-0.1, -0.05) is 76.0 Å². The van der Waals surface area contributed by atoms with E-state index in [-0.39, 0.29) is 54.9 Å². The van der Waals surface area contributed by atoms with Crippen LogP contribution in [0, 0.1) is 23.2 Å². The van der Waals surface area contributed by atoms with Crippen molar-refractivity contribution in [3.05, 3.63) is 72.2 Å². The van der Waals surface area contributed by atoms with E-state index >= 15 is 0 Å². The number of nitrogens with zero attached hydrogens (tertiary/aromatic N) is 1. The maximum absolute atomic E-state index is 13.2. The summed E-state index contributed by atoms with van der Waals surface area (Å²) in [6, 6.07) is -0.862.